The number of guanidine groups is 1. The molecule has 2 heterocycles. The van der Waals surface area contributed by atoms with Crippen LogP contribution in [0.1, 0.15) is 23.7 Å². The molecule has 0 amide bonds. The summed E-state index contributed by atoms with van der Waals surface area (Å²) in [6.45, 7) is 4.15. The third-order valence-electron chi connectivity index (χ3n) is 4.55. The van der Waals surface area contributed by atoms with Gasteiger partial charge in [-0.1, -0.05) is 30.3 Å². The van der Waals surface area contributed by atoms with Crippen molar-refractivity contribution in [2.45, 2.75) is 18.8 Å². The summed E-state index contributed by atoms with van der Waals surface area (Å²) < 4.78 is 10.5. The molecule has 0 saturated carbocycles. The highest BCUT2D eigenvalue weighted by molar-refractivity contribution is 14.0. The highest BCUT2D eigenvalue weighted by Crippen LogP contribution is 2.26. The van der Waals surface area contributed by atoms with Gasteiger partial charge in [-0.05, 0) is 24.1 Å². The van der Waals surface area contributed by atoms with E-state index < -0.39 is 0 Å². The number of benzene rings is 1. The van der Waals surface area contributed by atoms with Crippen LogP contribution in [0.2, 0.25) is 0 Å². The van der Waals surface area contributed by atoms with Crippen molar-refractivity contribution in [3.8, 4) is 0 Å². The Bertz CT molecular complexity index is 646. The molecule has 1 aliphatic heterocycles. The van der Waals surface area contributed by atoms with Crippen LogP contribution in [0.3, 0.4) is 0 Å². The number of nitrogens with one attached hydrogen (secondary N) is 1. The minimum atomic E-state index is 0. The molecule has 1 saturated heterocycles. The first-order valence-corrected chi connectivity index (χ1v) is 8.96. The van der Waals surface area contributed by atoms with Crippen LogP contribution < -0.4 is 5.32 Å². The van der Waals surface area contributed by atoms with E-state index in [-0.39, 0.29) is 24.0 Å². The average Bonchev–Trinajstić information content (AvgIpc) is 3.33. The van der Waals surface area contributed by atoms with Crippen molar-refractivity contribution in [1.29, 1.82) is 0 Å². The Morgan fingerprint density at radius 1 is 1.27 bits per heavy atom. The van der Waals surface area contributed by atoms with Crippen LogP contribution in [0.25, 0.3) is 0 Å². The van der Waals surface area contributed by atoms with Gasteiger partial charge >= 0.3 is 0 Å². The molecule has 1 aromatic heterocycles. The summed E-state index contributed by atoms with van der Waals surface area (Å²) in [6, 6.07) is 14.7. The van der Waals surface area contributed by atoms with E-state index in [9.17, 15) is 0 Å². The molecule has 6 heteroatoms. The molecule has 1 atom stereocenters. The predicted molar refractivity (Wildman–Crippen MR) is 115 cm³/mol. The first-order valence-electron chi connectivity index (χ1n) is 8.96. The number of nitrogens with zero attached hydrogens (tertiary/aromatic N) is 2. The second-order valence-corrected chi connectivity index (χ2v) is 6.30. The maximum absolute atomic E-state index is 5.40. The molecule has 5 nitrogen and oxygen atoms in total. The van der Waals surface area contributed by atoms with Gasteiger partial charge in [-0.25, -0.2) is 0 Å². The van der Waals surface area contributed by atoms with Crippen LogP contribution in [-0.4, -0.2) is 50.8 Å². The van der Waals surface area contributed by atoms with Gasteiger partial charge in [0.2, 0.25) is 0 Å². The lowest BCUT2D eigenvalue weighted by atomic mass is 9.99. The van der Waals surface area contributed by atoms with E-state index in [1.807, 2.05) is 12.1 Å². The second-order valence-electron chi connectivity index (χ2n) is 6.30. The lowest BCUT2D eigenvalue weighted by Gasteiger charge is -2.22. The van der Waals surface area contributed by atoms with E-state index in [1.54, 1.807) is 13.4 Å². The minimum Gasteiger partial charge on any atom is -0.469 e. The van der Waals surface area contributed by atoms with Crippen molar-refractivity contribution < 1.29 is 9.15 Å². The first kappa shape index (κ1) is 20.8. The summed E-state index contributed by atoms with van der Waals surface area (Å²) in [5.41, 5.74) is 1.41. The van der Waals surface area contributed by atoms with E-state index in [4.69, 9.17) is 14.1 Å². The number of rotatable bonds is 7. The normalized spacial score (nSPS) is 17.2. The summed E-state index contributed by atoms with van der Waals surface area (Å²) in [4.78, 5) is 7.07. The van der Waals surface area contributed by atoms with Gasteiger partial charge in [0.25, 0.3) is 0 Å². The Balaban J connectivity index is 0.00000243. The van der Waals surface area contributed by atoms with Crippen molar-refractivity contribution >= 4 is 29.9 Å². The van der Waals surface area contributed by atoms with E-state index in [2.05, 4.69) is 40.5 Å². The Morgan fingerprint density at radius 2 is 2.12 bits per heavy atom. The Kier molecular flexibility index (Phi) is 8.97. The summed E-state index contributed by atoms with van der Waals surface area (Å²) in [5.74, 6) is 2.54. The maximum atomic E-state index is 5.40. The number of hydrogen-bond acceptors (Lipinski definition) is 3. The van der Waals surface area contributed by atoms with Crippen LogP contribution in [0.5, 0.6) is 0 Å². The van der Waals surface area contributed by atoms with Gasteiger partial charge in [-0.2, -0.15) is 0 Å². The SMILES string of the molecule is COCCN=C(NCCc1ccco1)N1CCC(c2ccccc2)C1.I. The van der Waals surface area contributed by atoms with E-state index in [1.165, 1.54) is 5.56 Å². The van der Waals surface area contributed by atoms with Crippen molar-refractivity contribution in [3.63, 3.8) is 0 Å². The van der Waals surface area contributed by atoms with Crippen LogP contribution >= 0.6 is 24.0 Å². The fourth-order valence-corrected chi connectivity index (χ4v) is 3.21. The molecular formula is C20H28IN3O2. The first-order chi connectivity index (χ1) is 12.4. The lowest BCUT2D eigenvalue weighted by molar-refractivity contribution is 0.207. The number of methoxy groups -OCH3 is 1. The van der Waals surface area contributed by atoms with E-state index >= 15 is 0 Å². The Labute approximate surface area is 172 Å². The number of ether oxygens (including phenoxy) is 1. The molecular weight excluding hydrogens is 441 g/mol. The van der Waals surface area contributed by atoms with Crippen LogP contribution in [-0.2, 0) is 11.2 Å². The van der Waals surface area contributed by atoms with Crippen molar-refractivity contribution in [1.82, 2.24) is 10.2 Å². The molecule has 26 heavy (non-hydrogen) atoms. The van der Waals surface area contributed by atoms with Gasteiger partial charge < -0.3 is 19.4 Å². The molecule has 1 fully saturated rings. The standard InChI is InChI=1S/C20H27N3O2.HI/c1-24-15-12-22-20(21-11-9-19-8-5-14-25-19)23-13-10-18(16-23)17-6-3-2-4-7-17;/h2-8,14,18H,9-13,15-16H2,1H3,(H,21,22);1H. The third kappa shape index (κ3) is 6.02. The highest BCUT2D eigenvalue weighted by atomic mass is 127. The van der Waals surface area contributed by atoms with Crippen LogP contribution in [0, 0.1) is 0 Å². The summed E-state index contributed by atoms with van der Waals surface area (Å²) in [7, 11) is 1.71. The molecule has 0 spiro atoms. The average molecular weight is 469 g/mol. The zero-order valence-electron chi connectivity index (χ0n) is 15.3. The molecule has 2 aromatic rings. The molecule has 1 aliphatic rings. The lowest BCUT2D eigenvalue weighted by Crippen LogP contribution is -2.41. The fraction of sp³-hybridized carbons (Fsp3) is 0.450. The van der Waals surface area contributed by atoms with Gasteiger partial charge in [-0.3, -0.25) is 4.99 Å². The van der Waals surface area contributed by atoms with Crippen molar-refractivity contribution in [2.75, 3.05) is 39.9 Å². The number of hydrogen-bond donors (Lipinski definition) is 1. The van der Waals surface area contributed by atoms with Crippen LogP contribution in [0.15, 0.2) is 58.1 Å². The van der Waals surface area contributed by atoms with Gasteiger partial charge in [0.1, 0.15) is 5.76 Å². The predicted octanol–water partition coefficient (Wildman–Crippen LogP) is 3.52. The second kappa shape index (κ2) is 11.2. The molecule has 0 radical (unpaired) electrons. The van der Waals surface area contributed by atoms with Crippen molar-refractivity contribution in [2.24, 2.45) is 4.99 Å². The molecule has 1 N–H and O–H groups in total. The van der Waals surface area contributed by atoms with Gasteiger partial charge in [0.15, 0.2) is 5.96 Å². The zero-order chi connectivity index (χ0) is 17.3. The van der Waals surface area contributed by atoms with Gasteiger partial charge in [0.05, 0.1) is 19.4 Å². The van der Waals surface area contributed by atoms with E-state index in [0.29, 0.717) is 19.1 Å². The molecule has 0 bridgehead atoms. The number of aliphatic imine (C=N–C) groups is 1. The summed E-state index contributed by atoms with van der Waals surface area (Å²) in [5, 5.41) is 3.49. The van der Waals surface area contributed by atoms with Gasteiger partial charge in [-0.15, -0.1) is 24.0 Å². The van der Waals surface area contributed by atoms with Crippen LogP contribution in [0.4, 0.5) is 0 Å². The number of halogens is 1. The summed E-state index contributed by atoms with van der Waals surface area (Å²) >= 11 is 0. The third-order valence-corrected chi connectivity index (χ3v) is 4.55. The quantitative estimate of drug-likeness (QED) is 0.292. The highest BCUT2D eigenvalue weighted by Gasteiger charge is 2.25. The molecule has 0 aliphatic carbocycles. The smallest absolute Gasteiger partial charge is 0.194 e. The number of furan rings is 1. The fourth-order valence-electron chi connectivity index (χ4n) is 3.21. The number of likely N-dealkylation sites (tertiary alicyclic amines) is 1. The van der Waals surface area contributed by atoms with Crippen molar-refractivity contribution in [3.05, 3.63) is 60.1 Å². The Morgan fingerprint density at radius 3 is 2.85 bits per heavy atom. The largest absolute Gasteiger partial charge is 0.469 e. The minimum absolute atomic E-state index is 0. The summed E-state index contributed by atoms with van der Waals surface area (Å²) in [6.07, 6.45) is 3.73. The maximum Gasteiger partial charge on any atom is 0.194 e. The molecule has 3 rings (SSSR count). The van der Waals surface area contributed by atoms with E-state index in [0.717, 1.165) is 44.2 Å². The topological polar surface area (TPSA) is 50.0 Å². The molecule has 142 valence electrons. The molecule has 1 aromatic carbocycles. The zero-order valence-corrected chi connectivity index (χ0v) is 17.6. The monoisotopic (exact) mass is 469 g/mol. The molecule has 1 unspecified atom stereocenters. The van der Waals surface area contributed by atoms with Gasteiger partial charge in [0, 0.05) is 39.1 Å². The Hall–Kier alpha value is -1.54.